The molecule has 0 aliphatic carbocycles. The number of Topliss-reactive ketones (excluding diaryl/α,β-unsaturated/α-hetero) is 1. The summed E-state index contributed by atoms with van der Waals surface area (Å²) in [4.78, 5) is 13.5. The predicted molar refractivity (Wildman–Crippen MR) is 70.3 cm³/mol. The number of carbonyl (C=O) groups excluding carboxylic acids is 1. The zero-order chi connectivity index (χ0) is 12.3. The van der Waals surface area contributed by atoms with Gasteiger partial charge in [0.15, 0.2) is 0 Å². The number of aryl methyl sites for hydroxylation is 2. The van der Waals surface area contributed by atoms with E-state index in [1.54, 1.807) is 0 Å². The Hall–Kier alpha value is -1.15. The van der Waals surface area contributed by atoms with Crippen LogP contribution in [0.2, 0.25) is 0 Å². The summed E-state index contributed by atoms with van der Waals surface area (Å²) in [6.45, 7) is 7.29. The second-order valence-electron chi connectivity index (χ2n) is 5.05. The second-order valence-corrected chi connectivity index (χ2v) is 5.05. The van der Waals surface area contributed by atoms with Crippen molar-refractivity contribution in [2.24, 2.45) is 0 Å². The minimum Gasteiger partial charge on any atom is -0.302 e. The van der Waals surface area contributed by atoms with Gasteiger partial charge in [-0.05, 0) is 37.0 Å². The number of likely N-dealkylation sites (tertiary alicyclic amines) is 1. The number of rotatable bonds is 3. The van der Waals surface area contributed by atoms with Gasteiger partial charge in [0, 0.05) is 32.5 Å². The lowest BCUT2D eigenvalue weighted by Gasteiger charge is -2.25. The summed E-state index contributed by atoms with van der Waals surface area (Å²) in [5.74, 6) is 0.424. The van der Waals surface area contributed by atoms with Crippen LogP contribution in [0, 0.1) is 13.8 Å². The molecule has 1 aromatic rings. The van der Waals surface area contributed by atoms with Crippen LogP contribution < -0.4 is 0 Å². The molecule has 1 saturated heterocycles. The Labute approximate surface area is 104 Å². The molecule has 0 aromatic heterocycles. The molecular weight excluding hydrogens is 210 g/mol. The van der Waals surface area contributed by atoms with Crippen LogP contribution in [0.5, 0.6) is 0 Å². The number of benzene rings is 1. The predicted octanol–water partition coefficient (Wildman–Crippen LogP) is 2.51. The molecule has 92 valence electrons. The summed E-state index contributed by atoms with van der Waals surface area (Å²) in [5.41, 5.74) is 4.14. The van der Waals surface area contributed by atoms with Crippen molar-refractivity contribution in [3.63, 3.8) is 0 Å². The van der Waals surface area contributed by atoms with Crippen molar-refractivity contribution in [2.45, 2.75) is 33.1 Å². The van der Waals surface area contributed by atoms with Gasteiger partial charge >= 0.3 is 0 Å². The van der Waals surface area contributed by atoms with E-state index in [4.69, 9.17) is 0 Å². The fraction of sp³-hybridized carbons (Fsp3) is 0.533. The molecule has 17 heavy (non-hydrogen) atoms. The van der Waals surface area contributed by atoms with Gasteiger partial charge in [0.2, 0.25) is 0 Å². The monoisotopic (exact) mass is 231 g/mol. The average Bonchev–Trinajstić information content (AvgIpc) is 2.33. The number of ketones is 1. The molecule has 0 bridgehead atoms. The molecule has 1 aromatic carbocycles. The van der Waals surface area contributed by atoms with Crippen molar-refractivity contribution in [1.29, 1.82) is 0 Å². The van der Waals surface area contributed by atoms with E-state index in [1.165, 1.54) is 16.7 Å². The normalized spacial score (nSPS) is 17.4. The molecule has 1 heterocycles. The Bertz CT molecular complexity index is 401. The second kappa shape index (κ2) is 5.46. The summed E-state index contributed by atoms with van der Waals surface area (Å²) in [6, 6.07) is 6.70. The Morgan fingerprint density at radius 2 is 1.82 bits per heavy atom. The molecule has 0 unspecified atom stereocenters. The summed E-state index contributed by atoms with van der Waals surface area (Å²) in [6.07, 6.45) is 2.58. The van der Waals surface area contributed by atoms with Gasteiger partial charge in [0.25, 0.3) is 0 Å². The quantitative estimate of drug-likeness (QED) is 0.796. The van der Waals surface area contributed by atoms with E-state index in [2.05, 4.69) is 36.9 Å². The van der Waals surface area contributed by atoms with Crippen molar-refractivity contribution >= 4 is 5.78 Å². The van der Waals surface area contributed by atoms with Crippen molar-refractivity contribution < 1.29 is 4.79 Å². The molecule has 2 rings (SSSR count). The van der Waals surface area contributed by atoms with Crippen LogP contribution in [-0.2, 0) is 11.2 Å². The molecule has 1 aliphatic heterocycles. The van der Waals surface area contributed by atoms with Crippen LogP contribution >= 0.6 is 0 Å². The van der Waals surface area contributed by atoms with Crippen molar-refractivity contribution in [3.05, 3.63) is 34.9 Å². The minimum atomic E-state index is 0.424. The van der Waals surface area contributed by atoms with Gasteiger partial charge in [-0.15, -0.1) is 0 Å². The van der Waals surface area contributed by atoms with Crippen molar-refractivity contribution in [3.8, 4) is 0 Å². The SMILES string of the molecule is Cc1ccc(CCN2CCC(=O)CC2)cc1C. The van der Waals surface area contributed by atoms with E-state index in [9.17, 15) is 4.79 Å². The van der Waals surface area contributed by atoms with Gasteiger partial charge in [0.1, 0.15) is 5.78 Å². The summed E-state index contributed by atoms with van der Waals surface area (Å²) in [5, 5.41) is 0. The topological polar surface area (TPSA) is 20.3 Å². The van der Waals surface area contributed by atoms with E-state index >= 15 is 0 Å². The van der Waals surface area contributed by atoms with Crippen LogP contribution in [0.25, 0.3) is 0 Å². The third-order valence-corrected chi connectivity index (χ3v) is 3.70. The molecule has 0 N–H and O–H groups in total. The van der Waals surface area contributed by atoms with Gasteiger partial charge in [-0.2, -0.15) is 0 Å². The van der Waals surface area contributed by atoms with Gasteiger partial charge in [0.05, 0.1) is 0 Å². The van der Waals surface area contributed by atoms with Crippen molar-refractivity contribution in [2.75, 3.05) is 19.6 Å². The number of nitrogens with zero attached hydrogens (tertiary/aromatic N) is 1. The maximum atomic E-state index is 11.1. The Morgan fingerprint density at radius 3 is 2.47 bits per heavy atom. The molecule has 2 nitrogen and oxygen atoms in total. The fourth-order valence-electron chi connectivity index (χ4n) is 2.27. The molecule has 0 amide bonds. The number of carbonyl (C=O) groups is 1. The van der Waals surface area contributed by atoms with Gasteiger partial charge in [-0.1, -0.05) is 18.2 Å². The highest BCUT2D eigenvalue weighted by Gasteiger charge is 2.15. The van der Waals surface area contributed by atoms with E-state index in [0.717, 1.165) is 38.9 Å². The van der Waals surface area contributed by atoms with Crippen LogP contribution in [0.1, 0.15) is 29.5 Å². The highest BCUT2D eigenvalue weighted by atomic mass is 16.1. The molecule has 1 aliphatic rings. The van der Waals surface area contributed by atoms with Crippen molar-refractivity contribution in [1.82, 2.24) is 4.90 Å². The first-order valence-electron chi connectivity index (χ1n) is 6.45. The Kier molecular flexibility index (Phi) is 3.95. The Balaban J connectivity index is 1.85. The maximum Gasteiger partial charge on any atom is 0.135 e. The third-order valence-electron chi connectivity index (χ3n) is 3.70. The molecule has 0 radical (unpaired) electrons. The minimum absolute atomic E-state index is 0.424. The van der Waals surface area contributed by atoms with Gasteiger partial charge < -0.3 is 4.90 Å². The Morgan fingerprint density at radius 1 is 1.12 bits per heavy atom. The van der Waals surface area contributed by atoms with Crippen LogP contribution in [0.3, 0.4) is 0 Å². The largest absolute Gasteiger partial charge is 0.302 e. The molecule has 0 spiro atoms. The van der Waals surface area contributed by atoms with E-state index < -0.39 is 0 Å². The molecule has 2 heteroatoms. The van der Waals surface area contributed by atoms with E-state index in [0.29, 0.717) is 5.78 Å². The lowest BCUT2D eigenvalue weighted by molar-refractivity contribution is -0.121. The molecule has 0 saturated carbocycles. The van der Waals surface area contributed by atoms with Gasteiger partial charge in [-0.25, -0.2) is 0 Å². The van der Waals surface area contributed by atoms with Crippen LogP contribution in [-0.4, -0.2) is 30.3 Å². The molecule has 1 fully saturated rings. The summed E-state index contributed by atoms with van der Waals surface area (Å²) < 4.78 is 0. The van der Waals surface area contributed by atoms with E-state index in [1.807, 2.05) is 0 Å². The standard InChI is InChI=1S/C15H21NO/c1-12-3-4-14(11-13(12)2)5-8-16-9-6-15(17)7-10-16/h3-4,11H,5-10H2,1-2H3. The highest BCUT2D eigenvalue weighted by Crippen LogP contribution is 2.12. The smallest absolute Gasteiger partial charge is 0.135 e. The maximum absolute atomic E-state index is 11.1. The van der Waals surface area contributed by atoms with E-state index in [-0.39, 0.29) is 0 Å². The highest BCUT2D eigenvalue weighted by molar-refractivity contribution is 5.79. The van der Waals surface area contributed by atoms with Crippen LogP contribution in [0.15, 0.2) is 18.2 Å². The van der Waals surface area contributed by atoms with Gasteiger partial charge in [-0.3, -0.25) is 4.79 Å². The lowest BCUT2D eigenvalue weighted by Crippen LogP contribution is -2.35. The first-order chi connectivity index (χ1) is 8.15. The first-order valence-corrected chi connectivity index (χ1v) is 6.45. The first kappa shape index (κ1) is 12.3. The molecule has 0 atom stereocenters. The summed E-state index contributed by atoms with van der Waals surface area (Å²) in [7, 11) is 0. The zero-order valence-corrected chi connectivity index (χ0v) is 10.8. The molecular formula is C15H21NO. The zero-order valence-electron chi connectivity index (χ0n) is 10.8. The van der Waals surface area contributed by atoms with Crippen LogP contribution in [0.4, 0.5) is 0 Å². The number of piperidine rings is 1. The number of hydrogen-bond acceptors (Lipinski definition) is 2. The third kappa shape index (κ3) is 3.40. The fourth-order valence-corrected chi connectivity index (χ4v) is 2.27. The lowest BCUT2D eigenvalue weighted by atomic mass is 10.0. The summed E-state index contributed by atoms with van der Waals surface area (Å²) >= 11 is 0. The average molecular weight is 231 g/mol. The number of hydrogen-bond donors (Lipinski definition) is 0.